The van der Waals surface area contributed by atoms with Gasteiger partial charge < -0.3 is 9.47 Å². The first-order chi connectivity index (χ1) is 13.5. The number of carbonyl (C=O) groups is 2. The van der Waals surface area contributed by atoms with E-state index in [0.717, 1.165) is 0 Å². The van der Waals surface area contributed by atoms with Gasteiger partial charge in [-0.15, -0.1) is 0 Å². The third-order valence-electron chi connectivity index (χ3n) is 6.31. The standard InChI is InChI=1S/C16H18F6O7S/c17-15(18,19)14(16(20,21)22,7-30(25,26)27)29-11(24)12-2-9-1-10(3-12)5-13(4-9,6-12)28-8-23/h8-10H,1-7H2,(H,25,26,27). The number of rotatable bonds is 6. The van der Waals surface area contributed by atoms with E-state index in [1.807, 2.05) is 0 Å². The molecule has 7 nitrogen and oxygen atoms in total. The van der Waals surface area contributed by atoms with E-state index in [9.17, 15) is 44.3 Å². The third-order valence-corrected chi connectivity index (χ3v) is 7.08. The summed E-state index contributed by atoms with van der Waals surface area (Å²) in [5.41, 5.74) is -8.41. The van der Waals surface area contributed by atoms with Crippen LogP contribution in [0.25, 0.3) is 0 Å². The molecule has 0 aliphatic heterocycles. The Balaban J connectivity index is 2.01. The third kappa shape index (κ3) is 3.76. The van der Waals surface area contributed by atoms with Crippen molar-refractivity contribution in [1.82, 2.24) is 0 Å². The van der Waals surface area contributed by atoms with Crippen LogP contribution in [0.2, 0.25) is 0 Å². The molecule has 0 radical (unpaired) electrons. The smallest absolute Gasteiger partial charge is 0.438 e. The van der Waals surface area contributed by atoms with Gasteiger partial charge in [-0.1, -0.05) is 0 Å². The van der Waals surface area contributed by atoms with E-state index in [1.54, 1.807) is 0 Å². The Kier molecular flexibility index (Phi) is 5.17. The predicted molar refractivity (Wildman–Crippen MR) is 84.3 cm³/mol. The molecule has 0 amide bonds. The molecule has 14 heteroatoms. The second kappa shape index (κ2) is 6.71. The zero-order chi connectivity index (χ0) is 22.8. The second-order valence-corrected chi connectivity index (χ2v) is 10.0. The Bertz CT molecular complexity index is 806. The first-order valence-corrected chi connectivity index (χ1v) is 10.5. The topological polar surface area (TPSA) is 107 Å². The van der Waals surface area contributed by atoms with E-state index in [1.165, 1.54) is 0 Å². The van der Waals surface area contributed by atoms with Crippen molar-refractivity contribution in [3.63, 3.8) is 0 Å². The van der Waals surface area contributed by atoms with Crippen molar-refractivity contribution in [2.24, 2.45) is 17.3 Å². The van der Waals surface area contributed by atoms with Gasteiger partial charge in [-0.25, -0.2) is 0 Å². The Hall–Kier alpha value is -1.57. The van der Waals surface area contributed by atoms with Gasteiger partial charge in [0.2, 0.25) is 0 Å². The summed E-state index contributed by atoms with van der Waals surface area (Å²) in [4.78, 5) is 23.7. The van der Waals surface area contributed by atoms with Gasteiger partial charge >= 0.3 is 23.9 Å². The number of hydrogen-bond donors (Lipinski definition) is 1. The number of esters is 1. The average Bonchev–Trinajstić information content (AvgIpc) is 2.49. The molecule has 4 fully saturated rings. The highest BCUT2D eigenvalue weighted by Gasteiger charge is 2.77. The maximum absolute atomic E-state index is 13.5. The SMILES string of the molecule is O=COC12CC3CC(C1)CC(C(=O)OC(CS(=O)(=O)O)(C(F)(F)F)C(F)(F)F)(C3)C2. The van der Waals surface area contributed by atoms with Gasteiger partial charge in [-0.2, -0.15) is 34.8 Å². The Morgan fingerprint density at radius 2 is 1.53 bits per heavy atom. The van der Waals surface area contributed by atoms with Crippen molar-refractivity contribution in [3.8, 4) is 0 Å². The lowest BCUT2D eigenvalue weighted by Gasteiger charge is -2.59. The second-order valence-electron chi connectivity index (χ2n) is 8.58. The molecule has 4 bridgehead atoms. The van der Waals surface area contributed by atoms with Gasteiger partial charge in [0.1, 0.15) is 11.4 Å². The Morgan fingerprint density at radius 1 is 1.03 bits per heavy atom. The molecule has 0 aromatic heterocycles. The van der Waals surface area contributed by atoms with Crippen LogP contribution in [0.15, 0.2) is 0 Å². The fourth-order valence-corrected chi connectivity index (χ4v) is 6.55. The summed E-state index contributed by atoms with van der Waals surface area (Å²) >= 11 is 0. The van der Waals surface area contributed by atoms with E-state index in [-0.39, 0.29) is 37.6 Å². The van der Waals surface area contributed by atoms with Crippen molar-refractivity contribution < 1.29 is 58.4 Å². The van der Waals surface area contributed by atoms with Crippen molar-refractivity contribution in [2.75, 3.05) is 5.75 Å². The van der Waals surface area contributed by atoms with Crippen molar-refractivity contribution in [3.05, 3.63) is 0 Å². The fraction of sp³-hybridized carbons (Fsp3) is 0.875. The van der Waals surface area contributed by atoms with Gasteiger partial charge in [0.25, 0.3) is 16.6 Å². The van der Waals surface area contributed by atoms with Crippen LogP contribution in [0.3, 0.4) is 0 Å². The summed E-state index contributed by atoms with van der Waals surface area (Å²) in [6, 6.07) is 0. The molecule has 0 aromatic rings. The summed E-state index contributed by atoms with van der Waals surface area (Å²) in [5, 5.41) is 0. The normalized spacial score (nSPS) is 34.0. The molecule has 30 heavy (non-hydrogen) atoms. The lowest BCUT2D eigenvalue weighted by Crippen LogP contribution is -2.66. The van der Waals surface area contributed by atoms with Crippen molar-refractivity contribution in [2.45, 2.75) is 62.1 Å². The molecule has 172 valence electrons. The van der Waals surface area contributed by atoms with E-state index in [2.05, 4.69) is 4.74 Å². The molecule has 4 aliphatic rings. The molecular formula is C16H18F6O7S. The van der Waals surface area contributed by atoms with Crippen LogP contribution in [-0.2, 0) is 29.2 Å². The van der Waals surface area contributed by atoms with Crippen molar-refractivity contribution in [1.29, 1.82) is 0 Å². The predicted octanol–water partition coefficient (Wildman–Crippen LogP) is 2.79. The van der Waals surface area contributed by atoms with Gasteiger partial charge in [0.05, 0.1) is 5.41 Å². The molecule has 0 saturated heterocycles. The fourth-order valence-electron chi connectivity index (χ4n) is 5.65. The lowest BCUT2D eigenvalue weighted by molar-refractivity contribution is -0.364. The molecule has 4 saturated carbocycles. The van der Waals surface area contributed by atoms with Crippen LogP contribution in [0, 0.1) is 17.3 Å². The zero-order valence-electron chi connectivity index (χ0n) is 15.3. The van der Waals surface area contributed by atoms with Crippen LogP contribution in [0.1, 0.15) is 38.5 Å². The zero-order valence-corrected chi connectivity index (χ0v) is 16.1. The van der Waals surface area contributed by atoms with Gasteiger partial charge in [0.15, 0.2) is 0 Å². The highest BCUT2D eigenvalue weighted by Crippen LogP contribution is 2.63. The summed E-state index contributed by atoms with van der Waals surface area (Å²) in [6.07, 6.45) is -12.0. The minimum absolute atomic E-state index is 0.0655. The van der Waals surface area contributed by atoms with E-state index >= 15 is 0 Å². The van der Waals surface area contributed by atoms with Gasteiger partial charge in [-0.05, 0) is 43.9 Å². The minimum atomic E-state index is -6.38. The lowest BCUT2D eigenvalue weighted by atomic mass is 9.48. The molecule has 2 unspecified atom stereocenters. The number of alkyl halides is 6. The van der Waals surface area contributed by atoms with E-state index < -0.39 is 50.8 Å². The van der Waals surface area contributed by atoms with Crippen LogP contribution < -0.4 is 0 Å². The Labute approximate surface area is 166 Å². The van der Waals surface area contributed by atoms with Gasteiger partial charge in [-0.3, -0.25) is 14.1 Å². The molecule has 4 rings (SSSR count). The number of carbonyl (C=O) groups excluding carboxylic acids is 2. The minimum Gasteiger partial charge on any atom is -0.461 e. The maximum atomic E-state index is 13.5. The highest BCUT2D eigenvalue weighted by atomic mass is 32.2. The summed E-state index contributed by atoms with van der Waals surface area (Å²) in [6.45, 7) is 0.125. The van der Waals surface area contributed by atoms with Crippen molar-refractivity contribution >= 4 is 22.6 Å². The average molecular weight is 468 g/mol. The summed E-state index contributed by atoms with van der Waals surface area (Å²) in [5.74, 6) is -5.33. The first kappa shape index (κ1) is 23.1. The maximum Gasteiger partial charge on any atom is 0.438 e. The quantitative estimate of drug-likeness (QED) is 0.277. The van der Waals surface area contributed by atoms with E-state index in [4.69, 9.17) is 9.29 Å². The van der Waals surface area contributed by atoms with Crippen LogP contribution in [0.4, 0.5) is 26.3 Å². The molecule has 0 heterocycles. The number of ether oxygens (including phenoxy) is 2. The number of halogens is 6. The highest BCUT2D eigenvalue weighted by molar-refractivity contribution is 7.85. The molecule has 4 aliphatic carbocycles. The van der Waals surface area contributed by atoms with Crippen LogP contribution >= 0.6 is 0 Å². The Morgan fingerprint density at radius 3 is 1.93 bits per heavy atom. The summed E-state index contributed by atoms with van der Waals surface area (Å²) in [7, 11) is -5.86. The van der Waals surface area contributed by atoms with Crippen LogP contribution in [-0.4, -0.2) is 54.7 Å². The van der Waals surface area contributed by atoms with E-state index in [0.29, 0.717) is 19.3 Å². The molecular weight excluding hydrogens is 450 g/mol. The molecule has 0 aromatic carbocycles. The molecule has 2 atom stereocenters. The first-order valence-electron chi connectivity index (χ1n) is 8.90. The largest absolute Gasteiger partial charge is 0.461 e. The monoisotopic (exact) mass is 468 g/mol. The summed E-state index contributed by atoms with van der Waals surface area (Å²) < 4.78 is 121. The van der Waals surface area contributed by atoms with Gasteiger partial charge in [0, 0.05) is 6.42 Å². The van der Waals surface area contributed by atoms with Crippen LogP contribution in [0.5, 0.6) is 0 Å². The number of hydrogen-bond acceptors (Lipinski definition) is 6. The molecule has 0 spiro atoms. The molecule has 1 N–H and O–H groups in total.